The number of hydrogen-bond donors (Lipinski definition) is 2. The van der Waals surface area contributed by atoms with Gasteiger partial charge in [0.1, 0.15) is 11.6 Å². The monoisotopic (exact) mass is 418 g/mol. The van der Waals surface area contributed by atoms with Gasteiger partial charge in [-0.2, -0.15) is 14.4 Å². The number of halogens is 1. The zero-order valence-corrected chi connectivity index (χ0v) is 19.0. The number of ether oxygens (including phenoxy) is 1. The van der Waals surface area contributed by atoms with Gasteiger partial charge in [-0.25, -0.2) is 4.98 Å². The number of nitrogens with two attached hydrogens (primary N) is 1. The van der Waals surface area contributed by atoms with E-state index in [4.69, 9.17) is 10.5 Å². The summed E-state index contributed by atoms with van der Waals surface area (Å²) in [6.45, 7) is 12.8. The number of methoxy groups -OCH3 is 1. The molecule has 0 aliphatic heterocycles. The molecule has 0 saturated carbocycles. The third-order valence-electron chi connectivity index (χ3n) is 4.74. The van der Waals surface area contributed by atoms with Crippen LogP contribution in [-0.2, 0) is 17.7 Å². The number of aromatic nitrogens is 4. The number of allylic oxidation sites excluding steroid dienone is 3. The molecule has 7 nitrogen and oxygen atoms in total. The van der Waals surface area contributed by atoms with Gasteiger partial charge < -0.3 is 20.4 Å². The van der Waals surface area contributed by atoms with Gasteiger partial charge in [-0.15, -0.1) is 0 Å². The number of nitrogen functional groups attached to an aromatic ring is 1. The topological polar surface area (TPSA) is 90.9 Å². The van der Waals surface area contributed by atoms with Gasteiger partial charge in [0.25, 0.3) is 0 Å². The second-order valence-corrected chi connectivity index (χ2v) is 8.13. The number of nitrogens with one attached hydrogen (secondary N) is 1. The third kappa shape index (κ3) is 6.26. The lowest BCUT2D eigenvalue weighted by Crippen LogP contribution is -2.25. The fourth-order valence-electron chi connectivity index (χ4n) is 3.32. The van der Waals surface area contributed by atoms with Crippen molar-refractivity contribution in [2.75, 3.05) is 25.9 Å². The van der Waals surface area contributed by atoms with Crippen LogP contribution in [0.1, 0.15) is 53.3 Å². The molecule has 166 valence electrons. The van der Waals surface area contributed by atoms with Crippen LogP contribution in [0, 0.1) is 12.0 Å². The summed E-state index contributed by atoms with van der Waals surface area (Å²) in [4.78, 5) is 12.3. The highest BCUT2D eigenvalue weighted by Gasteiger charge is 2.18. The molecule has 0 amide bonds. The van der Waals surface area contributed by atoms with E-state index in [1.165, 1.54) is 5.57 Å². The predicted octanol–water partition coefficient (Wildman–Crippen LogP) is 4.00. The molecule has 0 bridgehead atoms. The van der Waals surface area contributed by atoms with E-state index in [1.807, 2.05) is 18.4 Å². The van der Waals surface area contributed by atoms with Crippen LogP contribution in [0.2, 0.25) is 0 Å². The Labute approximate surface area is 178 Å². The standard InChI is InChI=1S/C22H35FN6O/c1-7-8-16(11-17(30-6)15(4)5)12-18-26-19-20(24)27-22(23)28-21(19)29(18)10-9-25-13-14(2)3/h11,14,25H,7-10,12-13H2,1-6H3,(H2,24,27,28). The fraction of sp³-hybridized carbons (Fsp3) is 0.591. The van der Waals surface area contributed by atoms with Crippen LogP contribution in [0.4, 0.5) is 10.2 Å². The van der Waals surface area contributed by atoms with Crippen LogP contribution >= 0.6 is 0 Å². The highest BCUT2D eigenvalue weighted by atomic mass is 19.1. The summed E-state index contributed by atoms with van der Waals surface area (Å²) in [5.74, 6) is 2.27. The molecule has 30 heavy (non-hydrogen) atoms. The summed E-state index contributed by atoms with van der Waals surface area (Å²) in [5, 5.41) is 3.42. The van der Waals surface area contributed by atoms with Gasteiger partial charge in [-0.3, -0.25) is 0 Å². The van der Waals surface area contributed by atoms with Crippen LogP contribution in [0.25, 0.3) is 11.2 Å². The Hall–Kier alpha value is -2.48. The SMILES string of the molecule is CCCC(=CC(OC)=C(C)C)Cc1nc2c(N)nc(F)nc2n1CCNCC(C)C. The smallest absolute Gasteiger partial charge is 0.312 e. The van der Waals surface area contributed by atoms with Gasteiger partial charge in [0.05, 0.1) is 7.11 Å². The maximum Gasteiger partial charge on any atom is 0.312 e. The van der Waals surface area contributed by atoms with Crippen molar-refractivity contribution in [3.8, 4) is 0 Å². The summed E-state index contributed by atoms with van der Waals surface area (Å²) in [7, 11) is 1.68. The first kappa shape index (κ1) is 23.8. The van der Waals surface area contributed by atoms with Gasteiger partial charge in [0.15, 0.2) is 17.0 Å². The lowest BCUT2D eigenvalue weighted by molar-refractivity contribution is 0.301. The summed E-state index contributed by atoms with van der Waals surface area (Å²) in [5.41, 5.74) is 9.12. The Balaban J connectivity index is 2.44. The Kier molecular flexibility index (Phi) is 8.77. The molecule has 2 rings (SSSR count). The van der Waals surface area contributed by atoms with Crippen molar-refractivity contribution in [1.82, 2.24) is 24.8 Å². The minimum absolute atomic E-state index is 0.0653. The molecular weight excluding hydrogens is 383 g/mol. The Morgan fingerprint density at radius 1 is 1.27 bits per heavy atom. The lowest BCUT2D eigenvalue weighted by Gasteiger charge is -2.13. The normalized spacial score (nSPS) is 12.1. The number of nitrogens with zero attached hydrogens (tertiary/aromatic N) is 4. The number of rotatable bonds is 11. The van der Waals surface area contributed by atoms with Crippen LogP contribution < -0.4 is 11.1 Å². The van der Waals surface area contributed by atoms with Crippen LogP contribution in [-0.4, -0.2) is 39.7 Å². The van der Waals surface area contributed by atoms with Crippen LogP contribution in [0.5, 0.6) is 0 Å². The zero-order valence-electron chi connectivity index (χ0n) is 19.0. The minimum Gasteiger partial charge on any atom is -0.497 e. The number of fused-ring (bicyclic) bond motifs is 1. The number of anilines is 1. The van der Waals surface area contributed by atoms with Gasteiger partial charge in [0, 0.05) is 19.5 Å². The van der Waals surface area contributed by atoms with E-state index in [-0.39, 0.29) is 5.82 Å². The third-order valence-corrected chi connectivity index (χ3v) is 4.74. The van der Waals surface area contributed by atoms with Crippen LogP contribution in [0.15, 0.2) is 23.0 Å². The molecule has 0 aliphatic carbocycles. The molecule has 0 fully saturated rings. The number of imidazole rings is 1. The highest BCUT2D eigenvalue weighted by molar-refractivity contribution is 5.82. The van der Waals surface area contributed by atoms with Crippen molar-refractivity contribution in [3.05, 3.63) is 34.9 Å². The van der Waals surface area contributed by atoms with Gasteiger partial charge in [-0.1, -0.05) is 32.8 Å². The van der Waals surface area contributed by atoms with E-state index >= 15 is 0 Å². The van der Waals surface area contributed by atoms with Crippen molar-refractivity contribution in [1.29, 1.82) is 0 Å². The molecular formula is C22H35FN6O. The van der Waals surface area contributed by atoms with Gasteiger partial charge >= 0.3 is 6.08 Å². The second-order valence-electron chi connectivity index (χ2n) is 8.13. The maximum absolute atomic E-state index is 13.9. The lowest BCUT2D eigenvalue weighted by atomic mass is 10.0. The fourth-order valence-corrected chi connectivity index (χ4v) is 3.32. The molecule has 2 aromatic heterocycles. The van der Waals surface area contributed by atoms with Crippen molar-refractivity contribution >= 4 is 17.0 Å². The first-order chi connectivity index (χ1) is 14.3. The summed E-state index contributed by atoms with van der Waals surface area (Å²) in [6.07, 6.45) is 3.76. The highest BCUT2D eigenvalue weighted by Crippen LogP contribution is 2.23. The maximum atomic E-state index is 13.9. The van der Waals surface area contributed by atoms with E-state index in [2.05, 4.69) is 47.1 Å². The average Bonchev–Trinajstić information content (AvgIpc) is 3.00. The van der Waals surface area contributed by atoms with E-state index < -0.39 is 6.08 Å². The average molecular weight is 419 g/mol. The first-order valence-corrected chi connectivity index (χ1v) is 10.6. The molecule has 3 N–H and O–H groups in total. The Morgan fingerprint density at radius 3 is 2.60 bits per heavy atom. The molecule has 0 atom stereocenters. The predicted molar refractivity (Wildman–Crippen MR) is 119 cm³/mol. The molecule has 0 radical (unpaired) electrons. The second kappa shape index (κ2) is 11.1. The molecule has 2 heterocycles. The molecule has 0 aromatic carbocycles. The van der Waals surface area contributed by atoms with Gasteiger partial charge in [-0.05, 0) is 44.4 Å². The van der Waals surface area contributed by atoms with E-state index in [0.29, 0.717) is 30.0 Å². The number of hydrogen-bond acceptors (Lipinski definition) is 6. The summed E-state index contributed by atoms with van der Waals surface area (Å²) >= 11 is 0. The molecule has 0 unspecified atom stereocenters. The molecule has 8 heteroatoms. The molecule has 2 aromatic rings. The molecule has 0 spiro atoms. The van der Waals surface area contributed by atoms with E-state index in [0.717, 1.165) is 43.1 Å². The zero-order chi connectivity index (χ0) is 22.3. The quantitative estimate of drug-likeness (QED) is 0.248. The van der Waals surface area contributed by atoms with Crippen LogP contribution in [0.3, 0.4) is 0 Å². The minimum atomic E-state index is -0.835. The molecule has 0 aliphatic rings. The van der Waals surface area contributed by atoms with Crippen molar-refractivity contribution < 1.29 is 9.13 Å². The Morgan fingerprint density at radius 2 is 2.00 bits per heavy atom. The summed E-state index contributed by atoms with van der Waals surface area (Å²) < 4.78 is 21.4. The van der Waals surface area contributed by atoms with Gasteiger partial charge in [0.2, 0.25) is 0 Å². The van der Waals surface area contributed by atoms with E-state index in [9.17, 15) is 4.39 Å². The van der Waals surface area contributed by atoms with Crippen molar-refractivity contribution in [2.45, 2.75) is 60.4 Å². The summed E-state index contributed by atoms with van der Waals surface area (Å²) in [6, 6.07) is 0. The van der Waals surface area contributed by atoms with Crippen molar-refractivity contribution in [2.24, 2.45) is 5.92 Å². The van der Waals surface area contributed by atoms with Crippen molar-refractivity contribution in [3.63, 3.8) is 0 Å². The Bertz CT molecular complexity index is 912. The largest absolute Gasteiger partial charge is 0.497 e. The molecule has 0 saturated heterocycles. The first-order valence-electron chi connectivity index (χ1n) is 10.6. The van der Waals surface area contributed by atoms with E-state index in [1.54, 1.807) is 7.11 Å².